The molecule has 0 aromatic rings. The summed E-state index contributed by atoms with van der Waals surface area (Å²) in [6.45, 7) is 9.67. The molecule has 1 heterocycles. The summed E-state index contributed by atoms with van der Waals surface area (Å²) in [5, 5.41) is 0. The Balaban J connectivity index is 0.000000336. The molecule has 0 bridgehead atoms. The van der Waals surface area contributed by atoms with E-state index in [1.807, 2.05) is 0 Å². The lowest BCUT2D eigenvalue weighted by molar-refractivity contribution is -0.107. The lowest BCUT2D eigenvalue weighted by Crippen LogP contribution is -2.20. The Kier molecular flexibility index (Phi) is 11.0. The third kappa shape index (κ3) is 9.67. The van der Waals surface area contributed by atoms with Crippen molar-refractivity contribution in [3.05, 3.63) is 12.7 Å². The van der Waals surface area contributed by atoms with Crippen LogP contribution in [-0.4, -0.2) is 30.8 Å². The topological polar surface area (TPSA) is 20.3 Å². The van der Waals surface area contributed by atoms with Gasteiger partial charge in [-0.1, -0.05) is 25.8 Å². The number of hydrogen-bond donors (Lipinski definition) is 0. The second-order valence-corrected chi connectivity index (χ2v) is 3.95. The number of likely N-dealkylation sites (tertiary alicyclic amines) is 1. The van der Waals surface area contributed by atoms with Gasteiger partial charge in [0.2, 0.25) is 0 Å². The zero-order valence-corrected chi connectivity index (χ0v) is 10.1. The molecule has 1 aliphatic rings. The molecule has 0 aliphatic carbocycles. The molecule has 0 amide bonds. The van der Waals surface area contributed by atoms with Crippen LogP contribution in [0.3, 0.4) is 0 Å². The highest BCUT2D eigenvalue weighted by atomic mass is 16.1. The fourth-order valence-electron chi connectivity index (χ4n) is 1.66. The molecule has 0 atom stereocenters. The number of rotatable bonds is 6. The molecule has 2 nitrogen and oxygen atoms in total. The Labute approximate surface area is 94.4 Å². The Morgan fingerprint density at radius 3 is 2.33 bits per heavy atom. The van der Waals surface area contributed by atoms with Gasteiger partial charge in [-0.2, -0.15) is 0 Å². The van der Waals surface area contributed by atoms with Crippen molar-refractivity contribution in [1.29, 1.82) is 0 Å². The van der Waals surface area contributed by atoms with Crippen LogP contribution in [0.5, 0.6) is 0 Å². The molecular formula is C13H25NO. The first-order chi connectivity index (χ1) is 7.35. The molecule has 88 valence electrons. The van der Waals surface area contributed by atoms with Gasteiger partial charge in [-0.15, -0.1) is 6.58 Å². The highest BCUT2D eigenvalue weighted by Gasteiger charge is 2.09. The maximum atomic E-state index is 9.33. The van der Waals surface area contributed by atoms with Gasteiger partial charge >= 0.3 is 0 Å². The smallest absolute Gasteiger partial charge is 0.123 e. The van der Waals surface area contributed by atoms with Crippen LogP contribution < -0.4 is 0 Å². The van der Waals surface area contributed by atoms with Crippen molar-refractivity contribution in [3.8, 4) is 0 Å². The lowest BCUT2D eigenvalue weighted by atomic mass is 10.2. The van der Waals surface area contributed by atoms with E-state index in [9.17, 15) is 4.79 Å². The van der Waals surface area contributed by atoms with Gasteiger partial charge in [-0.05, 0) is 38.9 Å². The Morgan fingerprint density at radius 1 is 1.27 bits per heavy atom. The first kappa shape index (κ1) is 14.4. The van der Waals surface area contributed by atoms with E-state index in [-0.39, 0.29) is 0 Å². The molecule has 0 radical (unpaired) electrons. The summed E-state index contributed by atoms with van der Waals surface area (Å²) in [5.74, 6) is 0. The first-order valence-corrected chi connectivity index (χ1v) is 6.12. The maximum absolute atomic E-state index is 9.33. The molecule has 0 spiro atoms. The molecular weight excluding hydrogens is 186 g/mol. The van der Waals surface area contributed by atoms with Crippen molar-refractivity contribution in [2.45, 2.75) is 45.4 Å². The molecule has 2 heteroatoms. The van der Waals surface area contributed by atoms with Crippen molar-refractivity contribution in [1.82, 2.24) is 4.90 Å². The molecule has 15 heavy (non-hydrogen) atoms. The lowest BCUT2D eigenvalue weighted by Gasteiger charge is -2.12. The number of carbonyl (C=O) groups is 1. The van der Waals surface area contributed by atoms with Crippen molar-refractivity contribution >= 4 is 6.29 Å². The van der Waals surface area contributed by atoms with Crippen molar-refractivity contribution in [2.75, 3.05) is 19.6 Å². The normalized spacial score (nSPS) is 15.5. The second kappa shape index (κ2) is 11.4. The molecule has 0 aromatic carbocycles. The van der Waals surface area contributed by atoms with Crippen molar-refractivity contribution in [2.24, 2.45) is 0 Å². The Morgan fingerprint density at radius 2 is 1.93 bits per heavy atom. The van der Waals surface area contributed by atoms with Gasteiger partial charge in [0.25, 0.3) is 0 Å². The molecule has 0 saturated carbocycles. The monoisotopic (exact) mass is 211 g/mol. The van der Waals surface area contributed by atoms with Crippen LogP contribution in [0.25, 0.3) is 0 Å². The quantitative estimate of drug-likeness (QED) is 0.382. The van der Waals surface area contributed by atoms with E-state index in [1.54, 1.807) is 6.08 Å². The van der Waals surface area contributed by atoms with Crippen LogP contribution in [0.15, 0.2) is 12.7 Å². The van der Waals surface area contributed by atoms with Crippen molar-refractivity contribution < 1.29 is 4.79 Å². The van der Waals surface area contributed by atoms with E-state index in [0.717, 1.165) is 6.29 Å². The van der Waals surface area contributed by atoms with Crippen molar-refractivity contribution in [3.63, 3.8) is 0 Å². The summed E-state index contributed by atoms with van der Waals surface area (Å²) >= 11 is 0. The van der Waals surface area contributed by atoms with Gasteiger partial charge in [-0.3, -0.25) is 0 Å². The first-order valence-electron chi connectivity index (χ1n) is 6.12. The summed E-state index contributed by atoms with van der Waals surface area (Å²) in [7, 11) is 0. The predicted molar refractivity (Wildman–Crippen MR) is 66.1 cm³/mol. The van der Waals surface area contributed by atoms with E-state index >= 15 is 0 Å². The minimum Gasteiger partial charge on any atom is -0.303 e. The van der Waals surface area contributed by atoms with E-state index in [0.29, 0.717) is 6.42 Å². The standard InChI is InChI=1S/C9H19N.C4H6O/c1-2-3-4-7-10-8-5-6-9-10;1-2-3-4-5/h2-9H2,1H3;2,4H,1,3H2. The Hall–Kier alpha value is -0.630. The number of nitrogens with zero attached hydrogens (tertiary/aromatic N) is 1. The van der Waals surface area contributed by atoms with Gasteiger partial charge in [0.05, 0.1) is 0 Å². The van der Waals surface area contributed by atoms with E-state index in [4.69, 9.17) is 0 Å². The number of aldehydes is 1. The molecule has 1 fully saturated rings. The molecule has 1 rings (SSSR count). The molecule has 0 aromatic heterocycles. The third-order valence-corrected chi connectivity index (χ3v) is 2.54. The van der Waals surface area contributed by atoms with E-state index in [1.165, 1.54) is 51.7 Å². The zero-order valence-electron chi connectivity index (χ0n) is 10.1. The number of carbonyl (C=O) groups excluding carboxylic acids is 1. The highest BCUT2D eigenvalue weighted by molar-refractivity contribution is 5.51. The predicted octanol–water partition coefficient (Wildman–Crippen LogP) is 3.03. The number of hydrogen-bond acceptors (Lipinski definition) is 2. The fraction of sp³-hybridized carbons (Fsp3) is 0.769. The fourth-order valence-corrected chi connectivity index (χ4v) is 1.66. The molecule has 1 saturated heterocycles. The molecule has 0 unspecified atom stereocenters. The minimum absolute atomic E-state index is 0.472. The van der Waals surface area contributed by atoms with Gasteiger partial charge in [0.15, 0.2) is 0 Å². The van der Waals surface area contributed by atoms with Gasteiger partial charge in [0.1, 0.15) is 6.29 Å². The third-order valence-electron chi connectivity index (χ3n) is 2.54. The average molecular weight is 211 g/mol. The summed E-state index contributed by atoms with van der Waals surface area (Å²) in [4.78, 5) is 11.9. The SMILES string of the molecule is C=CCC=O.CCCCCN1CCCC1. The van der Waals surface area contributed by atoms with Crippen LogP contribution in [0.1, 0.15) is 45.4 Å². The summed E-state index contributed by atoms with van der Waals surface area (Å²) in [6.07, 6.45) is 9.90. The molecule has 0 N–H and O–H groups in total. The largest absolute Gasteiger partial charge is 0.303 e. The number of allylic oxidation sites excluding steroid dienone is 1. The van der Waals surface area contributed by atoms with Crippen LogP contribution in [-0.2, 0) is 4.79 Å². The van der Waals surface area contributed by atoms with Gasteiger partial charge in [0, 0.05) is 6.42 Å². The van der Waals surface area contributed by atoms with Gasteiger partial charge < -0.3 is 9.69 Å². The summed E-state index contributed by atoms with van der Waals surface area (Å²) in [6, 6.07) is 0. The average Bonchev–Trinajstić information content (AvgIpc) is 2.73. The van der Waals surface area contributed by atoms with Gasteiger partial charge in [-0.25, -0.2) is 0 Å². The zero-order chi connectivity index (χ0) is 11.4. The minimum atomic E-state index is 0.472. The molecule has 1 aliphatic heterocycles. The maximum Gasteiger partial charge on any atom is 0.123 e. The van der Waals surface area contributed by atoms with E-state index < -0.39 is 0 Å². The summed E-state index contributed by atoms with van der Waals surface area (Å²) < 4.78 is 0. The number of unbranched alkanes of at least 4 members (excludes halogenated alkanes) is 2. The van der Waals surface area contributed by atoms with Crippen LogP contribution in [0.4, 0.5) is 0 Å². The van der Waals surface area contributed by atoms with Crippen LogP contribution in [0.2, 0.25) is 0 Å². The van der Waals surface area contributed by atoms with Crippen LogP contribution >= 0.6 is 0 Å². The Bertz CT molecular complexity index is 145. The highest BCUT2D eigenvalue weighted by Crippen LogP contribution is 2.08. The van der Waals surface area contributed by atoms with E-state index in [2.05, 4.69) is 18.4 Å². The van der Waals surface area contributed by atoms with Crippen LogP contribution in [0, 0.1) is 0 Å². The summed E-state index contributed by atoms with van der Waals surface area (Å²) in [5.41, 5.74) is 0. The second-order valence-electron chi connectivity index (χ2n) is 3.95.